The molecule has 0 bridgehead atoms. The van der Waals surface area contributed by atoms with Gasteiger partial charge in [-0.2, -0.15) is 0 Å². The van der Waals surface area contributed by atoms with E-state index in [1.807, 2.05) is 25.1 Å². The zero-order chi connectivity index (χ0) is 13.1. The van der Waals surface area contributed by atoms with E-state index in [2.05, 4.69) is 9.97 Å². The van der Waals surface area contributed by atoms with Gasteiger partial charge >= 0.3 is 5.97 Å². The first-order valence-electron chi connectivity index (χ1n) is 5.59. The van der Waals surface area contributed by atoms with Gasteiger partial charge in [-0.1, -0.05) is 23.7 Å². The highest BCUT2D eigenvalue weighted by Gasteiger charge is 2.10. The Morgan fingerprint density at radius 2 is 2.28 bits per heavy atom. The monoisotopic (exact) mass is 264 g/mol. The van der Waals surface area contributed by atoms with E-state index in [0.717, 1.165) is 17.0 Å². The Bertz CT molecular complexity index is 578. The van der Waals surface area contributed by atoms with Crippen molar-refractivity contribution in [2.75, 3.05) is 0 Å². The molecule has 0 aliphatic rings. The molecule has 0 amide bonds. The maximum absolute atomic E-state index is 10.5. The Balaban J connectivity index is 2.26. The minimum Gasteiger partial charge on any atom is -0.481 e. The molecule has 0 unspecified atom stereocenters. The molecule has 0 spiro atoms. The highest BCUT2D eigenvalue weighted by Crippen LogP contribution is 2.24. The van der Waals surface area contributed by atoms with Crippen molar-refractivity contribution in [1.82, 2.24) is 9.97 Å². The van der Waals surface area contributed by atoms with Gasteiger partial charge in [0, 0.05) is 22.7 Å². The fraction of sp³-hybridized carbons (Fsp3) is 0.231. The second-order valence-corrected chi connectivity index (χ2v) is 4.50. The van der Waals surface area contributed by atoms with E-state index in [1.54, 1.807) is 6.07 Å². The van der Waals surface area contributed by atoms with E-state index in [1.165, 1.54) is 0 Å². The highest BCUT2D eigenvalue weighted by atomic mass is 35.5. The number of H-pyrrole nitrogens is 1. The number of nitrogens with one attached hydrogen (secondary N) is 1. The summed E-state index contributed by atoms with van der Waals surface area (Å²) in [7, 11) is 0. The van der Waals surface area contributed by atoms with Gasteiger partial charge in [0.05, 0.1) is 12.1 Å². The van der Waals surface area contributed by atoms with E-state index >= 15 is 0 Å². The molecule has 2 aromatic rings. The molecule has 0 aliphatic carbocycles. The van der Waals surface area contributed by atoms with Crippen molar-refractivity contribution in [3.05, 3.63) is 40.8 Å². The first kappa shape index (κ1) is 12.6. The van der Waals surface area contributed by atoms with Crippen LogP contribution in [0.15, 0.2) is 24.3 Å². The summed E-state index contributed by atoms with van der Waals surface area (Å²) < 4.78 is 0. The van der Waals surface area contributed by atoms with Gasteiger partial charge < -0.3 is 10.1 Å². The van der Waals surface area contributed by atoms with Crippen LogP contribution in [0.1, 0.15) is 17.9 Å². The van der Waals surface area contributed by atoms with Crippen molar-refractivity contribution in [2.45, 2.75) is 19.8 Å². The molecule has 5 heteroatoms. The van der Waals surface area contributed by atoms with Crippen molar-refractivity contribution in [2.24, 2.45) is 0 Å². The van der Waals surface area contributed by atoms with Gasteiger partial charge in [-0.3, -0.25) is 4.79 Å². The Morgan fingerprint density at radius 3 is 2.94 bits per heavy atom. The van der Waals surface area contributed by atoms with Crippen LogP contribution in [-0.2, 0) is 11.2 Å². The summed E-state index contributed by atoms with van der Waals surface area (Å²) in [5.41, 5.74) is 2.66. The molecule has 0 atom stereocenters. The van der Waals surface area contributed by atoms with Crippen LogP contribution in [0.4, 0.5) is 0 Å². The summed E-state index contributed by atoms with van der Waals surface area (Å²) in [6, 6.07) is 7.43. The van der Waals surface area contributed by atoms with Crippen LogP contribution in [0.5, 0.6) is 0 Å². The number of nitrogens with zero attached hydrogens (tertiary/aromatic N) is 1. The number of carboxylic acid groups (broad SMARTS) is 1. The molecule has 1 aromatic heterocycles. The number of benzene rings is 1. The van der Waals surface area contributed by atoms with E-state index in [-0.39, 0.29) is 6.42 Å². The molecule has 0 saturated carbocycles. The third-order valence-electron chi connectivity index (χ3n) is 2.61. The number of aromatic amines is 1. The van der Waals surface area contributed by atoms with Gasteiger partial charge in [-0.15, -0.1) is 0 Å². The summed E-state index contributed by atoms with van der Waals surface area (Å²) in [4.78, 5) is 18.0. The Morgan fingerprint density at radius 1 is 1.50 bits per heavy atom. The standard InChI is InChI=1S/C13H13ClN2O2/c1-8-13(9-3-2-4-10(14)7-9)16-11(15-8)5-6-12(17)18/h2-4,7H,5-6H2,1H3,(H,15,16)(H,17,18). The SMILES string of the molecule is Cc1[nH]c(CCC(=O)O)nc1-c1cccc(Cl)c1. The van der Waals surface area contributed by atoms with Gasteiger partial charge in [0.1, 0.15) is 5.82 Å². The lowest BCUT2D eigenvalue weighted by atomic mass is 10.1. The van der Waals surface area contributed by atoms with Crippen molar-refractivity contribution in [1.29, 1.82) is 0 Å². The lowest BCUT2D eigenvalue weighted by Gasteiger charge is -1.98. The Kier molecular flexibility index (Phi) is 3.67. The molecule has 0 radical (unpaired) electrons. The maximum Gasteiger partial charge on any atom is 0.303 e. The number of halogens is 1. The minimum atomic E-state index is -0.826. The second-order valence-electron chi connectivity index (χ2n) is 4.06. The van der Waals surface area contributed by atoms with Gasteiger partial charge in [-0.25, -0.2) is 4.98 Å². The molecule has 94 valence electrons. The molecular formula is C13H13ClN2O2. The lowest BCUT2D eigenvalue weighted by Crippen LogP contribution is -1.98. The van der Waals surface area contributed by atoms with Crippen molar-refractivity contribution >= 4 is 17.6 Å². The maximum atomic E-state index is 10.5. The number of carbonyl (C=O) groups is 1. The fourth-order valence-corrected chi connectivity index (χ4v) is 1.97. The smallest absolute Gasteiger partial charge is 0.303 e. The van der Waals surface area contributed by atoms with E-state index < -0.39 is 5.97 Å². The first-order chi connectivity index (χ1) is 8.56. The fourth-order valence-electron chi connectivity index (χ4n) is 1.78. The number of aryl methyl sites for hydroxylation is 2. The van der Waals surface area contributed by atoms with Crippen LogP contribution in [0.3, 0.4) is 0 Å². The molecule has 2 rings (SSSR count). The van der Waals surface area contributed by atoms with Crippen molar-refractivity contribution < 1.29 is 9.90 Å². The number of imidazole rings is 1. The predicted octanol–water partition coefficient (Wildman–Crippen LogP) is 3.06. The van der Waals surface area contributed by atoms with Gasteiger partial charge in [0.2, 0.25) is 0 Å². The molecule has 0 aliphatic heterocycles. The zero-order valence-electron chi connectivity index (χ0n) is 9.90. The number of aliphatic carboxylic acids is 1. The summed E-state index contributed by atoms with van der Waals surface area (Å²) in [6.07, 6.45) is 0.471. The second kappa shape index (κ2) is 5.23. The third kappa shape index (κ3) is 2.90. The van der Waals surface area contributed by atoms with E-state index in [9.17, 15) is 4.79 Å². The molecule has 0 saturated heterocycles. The molecule has 1 heterocycles. The number of carboxylic acids is 1. The largest absolute Gasteiger partial charge is 0.481 e. The zero-order valence-corrected chi connectivity index (χ0v) is 10.7. The minimum absolute atomic E-state index is 0.0714. The molecule has 2 N–H and O–H groups in total. The van der Waals surface area contributed by atoms with Crippen LogP contribution in [0.25, 0.3) is 11.3 Å². The quantitative estimate of drug-likeness (QED) is 0.892. The van der Waals surface area contributed by atoms with Gasteiger partial charge in [0.15, 0.2) is 0 Å². The van der Waals surface area contributed by atoms with Crippen LogP contribution in [-0.4, -0.2) is 21.0 Å². The normalized spacial score (nSPS) is 10.6. The molecule has 0 fully saturated rings. The lowest BCUT2D eigenvalue weighted by molar-refractivity contribution is -0.137. The summed E-state index contributed by atoms with van der Waals surface area (Å²) >= 11 is 5.94. The first-order valence-corrected chi connectivity index (χ1v) is 5.97. The molecular weight excluding hydrogens is 252 g/mol. The van der Waals surface area contributed by atoms with E-state index in [0.29, 0.717) is 17.3 Å². The summed E-state index contributed by atoms with van der Waals surface area (Å²) in [6.45, 7) is 1.91. The Labute approximate surface area is 110 Å². The predicted molar refractivity (Wildman–Crippen MR) is 69.7 cm³/mol. The van der Waals surface area contributed by atoms with Crippen LogP contribution in [0, 0.1) is 6.92 Å². The number of hydrogen-bond donors (Lipinski definition) is 2. The summed E-state index contributed by atoms with van der Waals surface area (Å²) in [5.74, 6) is -0.141. The van der Waals surface area contributed by atoms with Crippen LogP contribution < -0.4 is 0 Å². The average Bonchev–Trinajstić information content (AvgIpc) is 2.68. The Hall–Kier alpha value is -1.81. The summed E-state index contributed by atoms with van der Waals surface area (Å²) in [5, 5.41) is 9.30. The molecule has 18 heavy (non-hydrogen) atoms. The topological polar surface area (TPSA) is 66.0 Å². The third-order valence-corrected chi connectivity index (χ3v) is 2.84. The highest BCUT2D eigenvalue weighted by molar-refractivity contribution is 6.30. The van der Waals surface area contributed by atoms with E-state index in [4.69, 9.17) is 16.7 Å². The van der Waals surface area contributed by atoms with Crippen molar-refractivity contribution in [3.63, 3.8) is 0 Å². The number of hydrogen-bond acceptors (Lipinski definition) is 2. The number of aromatic nitrogens is 2. The van der Waals surface area contributed by atoms with Crippen LogP contribution in [0.2, 0.25) is 5.02 Å². The molecule has 1 aromatic carbocycles. The number of rotatable bonds is 4. The van der Waals surface area contributed by atoms with Gasteiger partial charge in [0.25, 0.3) is 0 Å². The molecule has 4 nitrogen and oxygen atoms in total. The van der Waals surface area contributed by atoms with Crippen molar-refractivity contribution in [3.8, 4) is 11.3 Å². The van der Waals surface area contributed by atoms with Gasteiger partial charge in [-0.05, 0) is 19.1 Å². The average molecular weight is 265 g/mol. The van der Waals surface area contributed by atoms with Crippen LogP contribution >= 0.6 is 11.6 Å².